The van der Waals surface area contributed by atoms with Crippen molar-refractivity contribution < 1.29 is 4.74 Å². The van der Waals surface area contributed by atoms with E-state index in [1.165, 1.54) is 5.56 Å². The van der Waals surface area contributed by atoms with Gasteiger partial charge in [0.15, 0.2) is 0 Å². The van der Waals surface area contributed by atoms with Gasteiger partial charge in [-0.05, 0) is 23.8 Å². The summed E-state index contributed by atoms with van der Waals surface area (Å²) in [7, 11) is 0. The van der Waals surface area contributed by atoms with Gasteiger partial charge < -0.3 is 14.7 Å². The molecule has 0 amide bonds. The van der Waals surface area contributed by atoms with Gasteiger partial charge in [0, 0.05) is 18.2 Å². The molecule has 1 aliphatic rings. The monoisotopic (exact) mass is 202 g/mol. The highest BCUT2D eigenvalue weighted by atomic mass is 16.5. The Morgan fingerprint density at radius 1 is 1.33 bits per heavy atom. The molecule has 1 aromatic heterocycles. The highest BCUT2D eigenvalue weighted by Crippen LogP contribution is 2.29. The lowest BCUT2D eigenvalue weighted by Crippen LogP contribution is -1.99. The van der Waals surface area contributed by atoms with Gasteiger partial charge in [-0.25, -0.2) is 4.79 Å². The molecule has 2 aromatic rings. The number of fused-ring (bicyclic) bond motifs is 1. The van der Waals surface area contributed by atoms with E-state index in [1.54, 1.807) is 6.20 Å². The molecule has 2 N–H and O–H groups in total. The summed E-state index contributed by atoms with van der Waals surface area (Å²) in [5.74, 6) is 0.955. The van der Waals surface area contributed by atoms with Gasteiger partial charge in [0.1, 0.15) is 5.75 Å². The summed E-state index contributed by atoms with van der Waals surface area (Å²) in [6, 6.07) is 5.95. The Hall–Kier alpha value is -1.97. The molecule has 0 saturated heterocycles. The number of rotatable bonds is 1. The summed E-state index contributed by atoms with van der Waals surface area (Å²) in [4.78, 5) is 16.3. The van der Waals surface area contributed by atoms with Gasteiger partial charge in [-0.3, -0.25) is 0 Å². The molecule has 15 heavy (non-hydrogen) atoms. The molecule has 1 aromatic carbocycles. The molecule has 3 rings (SSSR count). The fraction of sp³-hybridized carbons (Fsp3) is 0.182. The second kappa shape index (κ2) is 3.02. The van der Waals surface area contributed by atoms with Crippen molar-refractivity contribution in [3.63, 3.8) is 0 Å². The van der Waals surface area contributed by atoms with Crippen LogP contribution in [0.2, 0.25) is 0 Å². The number of nitrogens with one attached hydrogen (secondary N) is 2. The van der Waals surface area contributed by atoms with Gasteiger partial charge in [0.2, 0.25) is 0 Å². The lowest BCUT2D eigenvalue weighted by Gasteiger charge is -2.01. The lowest BCUT2D eigenvalue weighted by atomic mass is 10.1. The molecule has 0 aliphatic carbocycles. The summed E-state index contributed by atoms with van der Waals surface area (Å²) in [5, 5.41) is 0. The van der Waals surface area contributed by atoms with Gasteiger partial charge in [-0.1, -0.05) is 0 Å². The van der Waals surface area contributed by atoms with Crippen LogP contribution in [0.5, 0.6) is 5.75 Å². The molecule has 0 saturated carbocycles. The summed E-state index contributed by atoms with van der Waals surface area (Å²) in [6.07, 6.45) is 2.62. The molecule has 0 bridgehead atoms. The molecular weight excluding hydrogens is 192 g/mol. The van der Waals surface area contributed by atoms with Gasteiger partial charge in [0.25, 0.3) is 0 Å². The second-order valence-corrected chi connectivity index (χ2v) is 3.58. The van der Waals surface area contributed by atoms with E-state index in [1.807, 2.05) is 12.1 Å². The quantitative estimate of drug-likeness (QED) is 0.732. The van der Waals surface area contributed by atoms with E-state index >= 15 is 0 Å². The standard InChI is InChI=1S/C11H10N2O2/c14-11-12-6-9(13-11)7-1-2-10-8(5-7)3-4-15-10/h1-2,5-6H,3-4H2,(H2,12,13,14). The first kappa shape index (κ1) is 8.35. The summed E-state index contributed by atoms with van der Waals surface area (Å²) in [6.45, 7) is 0.752. The van der Waals surface area contributed by atoms with Crippen molar-refractivity contribution in [2.75, 3.05) is 6.61 Å². The van der Waals surface area contributed by atoms with E-state index in [4.69, 9.17) is 4.74 Å². The van der Waals surface area contributed by atoms with E-state index in [0.29, 0.717) is 0 Å². The number of H-pyrrole nitrogens is 2. The predicted molar refractivity (Wildman–Crippen MR) is 56.0 cm³/mol. The normalized spacial score (nSPS) is 13.6. The molecule has 2 heterocycles. The molecular formula is C11H10N2O2. The number of ether oxygens (including phenoxy) is 1. The molecule has 0 fully saturated rings. The van der Waals surface area contributed by atoms with Gasteiger partial charge in [0.05, 0.1) is 12.3 Å². The van der Waals surface area contributed by atoms with E-state index in [2.05, 4.69) is 16.0 Å². The molecule has 4 heteroatoms. The maximum atomic E-state index is 11.0. The first-order valence-corrected chi connectivity index (χ1v) is 4.87. The third-order valence-corrected chi connectivity index (χ3v) is 2.60. The zero-order valence-corrected chi connectivity index (χ0v) is 8.04. The van der Waals surface area contributed by atoms with Crippen molar-refractivity contribution in [1.82, 2.24) is 9.97 Å². The average molecular weight is 202 g/mol. The third kappa shape index (κ3) is 1.34. The number of imidazole rings is 1. The third-order valence-electron chi connectivity index (χ3n) is 2.60. The maximum absolute atomic E-state index is 11.0. The molecule has 1 aliphatic heterocycles. The lowest BCUT2D eigenvalue weighted by molar-refractivity contribution is 0.357. The summed E-state index contributed by atoms with van der Waals surface area (Å²) >= 11 is 0. The van der Waals surface area contributed by atoms with Crippen LogP contribution >= 0.6 is 0 Å². The van der Waals surface area contributed by atoms with Crippen LogP contribution in [-0.2, 0) is 6.42 Å². The van der Waals surface area contributed by atoms with E-state index in [9.17, 15) is 4.79 Å². The first-order chi connectivity index (χ1) is 7.33. The Bertz CT molecular complexity index is 554. The Labute approximate surface area is 85.9 Å². The van der Waals surface area contributed by atoms with Crippen molar-refractivity contribution >= 4 is 0 Å². The van der Waals surface area contributed by atoms with Crippen LogP contribution in [0.4, 0.5) is 0 Å². The smallest absolute Gasteiger partial charge is 0.323 e. The predicted octanol–water partition coefficient (Wildman–Crippen LogP) is 1.30. The average Bonchev–Trinajstić information content (AvgIpc) is 2.84. The molecule has 0 spiro atoms. The van der Waals surface area contributed by atoms with Crippen LogP contribution in [-0.4, -0.2) is 16.6 Å². The number of hydrogen-bond acceptors (Lipinski definition) is 2. The first-order valence-electron chi connectivity index (χ1n) is 4.87. The van der Waals surface area contributed by atoms with Crippen molar-refractivity contribution in [1.29, 1.82) is 0 Å². The number of aromatic amines is 2. The van der Waals surface area contributed by atoms with Gasteiger partial charge in [-0.2, -0.15) is 0 Å². The fourth-order valence-corrected chi connectivity index (χ4v) is 1.84. The Kier molecular flexibility index (Phi) is 1.68. The van der Waals surface area contributed by atoms with Gasteiger partial charge in [-0.15, -0.1) is 0 Å². The summed E-state index contributed by atoms with van der Waals surface area (Å²) < 4.78 is 5.41. The minimum Gasteiger partial charge on any atom is -0.493 e. The number of aromatic nitrogens is 2. The highest BCUT2D eigenvalue weighted by molar-refractivity contribution is 5.61. The Morgan fingerprint density at radius 3 is 3.07 bits per heavy atom. The second-order valence-electron chi connectivity index (χ2n) is 3.58. The molecule has 4 nitrogen and oxygen atoms in total. The maximum Gasteiger partial charge on any atom is 0.323 e. The number of benzene rings is 1. The summed E-state index contributed by atoms with van der Waals surface area (Å²) in [5.41, 5.74) is 2.85. The van der Waals surface area contributed by atoms with E-state index in [0.717, 1.165) is 30.0 Å². The van der Waals surface area contributed by atoms with Crippen LogP contribution in [0.15, 0.2) is 29.2 Å². The SMILES string of the molecule is O=c1[nH]cc(-c2ccc3c(c2)CCO3)[nH]1. The van der Waals surface area contributed by atoms with Crippen LogP contribution < -0.4 is 10.4 Å². The van der Waals surface area contributed by atoms with Crippen molar-refractivity contribution in [2.24, 2.45) is 0 Å². The van der Waals surface area contributed by atoms with Crippen LogP contribution in [0, 0.1) is 0 Å². The van der Waals surface area contributed by atoms with Gasteiger partial charge >= 0.3 is 5.69 Å². The zero-order valence-electron chi connectivity index (χ0n) is 8.04. The van der Waals surface area contributed by atoms with Crippen LogP contribution in [0.3, 0.4) is 0 Å². The zero-order chi connectivity index (χ0) is 10.3. The molecule has 0 unspecified atom stereocenters. The molecule has 0 radical (unpaired) electrons. The number of hydrogen-bond donors (Lipinski definition) is 2. The van der Waals surface area contributed by atoms with Crippen molar-refractivity contribution in [3.05, 3.63) is 40.4 Å². The van der Waals surface area contributed by atoms with E-state index < -0.39 is 0 Å². The molecule has 0 atom stereocenters. The largest absolute Gasteiger partial charge is 0.493 e. The minimum absolute atomic E-state index is 0.179. The van der Waals surface area contributed by atoms with Crippen molar-refractivity contribution in [3.8, 4) is 17.0 Å². The van der Waals surface area contributed by atoms with Crippen LogP contribution in [0.1, 0.15) is 5.56 Å². The highest BCUT2D eigenvalue weighted by Gasteiger charge is 2.12. The van der Waals surface area contributed by atoms with E-state index in [-0.39, 0.29) is 5.69 Å². The van der Waals surface area contributed by atoms with Crippen molar-refractivity contribution in [2.45, 2.75) is 6.42 Å². The van der Waals surface area contributed by atoms with Crippen LogP contribution in [0.25, 0.3) is 11.3 Å². The fourth-order valence-electron chi connectivity index (χ4n) is 1.84. The molecule has 76 valence electrons. The Morgan fingerprint density at radius 2 is 2.27 bits per heavy atom. The topological polar surface area (TPSA) is 57.9 Å². The minimum atomic E-state index is -0.179. The Balaban J connectivity index is 2.10.